The lowest BCUT2D eigenvalue weighted by Gasteiger charge is -2.28. The standard InChI is InChI=1S/C27H33ClN2O4Si/c1-27(2,3)21-11-9-19(10-12-21)18-30(34-35(4)5)24-14-13-22(28)16-25(24)33-23-8-6-7-20(15-23)17-29-26(31)32/h6-16,29,35H,17-18H2,1-5H3,(H,31,32). The summed E-state index contributed by atoms with van der Waals surface area (Å²) in [6, 6.07) is 21.4. The lowest BCUT2D eigenvalue weighted by atomic mass is 9.87. The van der Waals surface area contributed by atoms with Crippen molar-refractivity contribution in [2.75, 3.05) is 5.06 Å². The molecule has 0 spiro atoms. The molecule has 0 aromatic heterocycles. The molecule has 0 aliphatic heterocycles. The van der Waals surface area contributed by atoms with E-state index in [0.29, 0.717) is 23.1 Å². The highest BCUT2D eigenvalue weighted by Gasteiger charge is 2.18. The van der Waals surface area contributed by atoms with E-state index in [1.165, 1.54) is 5.56 Å². The van der Waals surface area contributed by atoms with Gasteiger partial charge in [0.15, 0.2) is 5.75 Å². The third-order valence-corrected chi connectivity index (χ3v) is 6.16. The minimum atomic E-state index is -1.45. The van der Waals surface area contributed by atoms with Gasteiger partial charge in [-0.25, -0.2) is 4.79 Å². The summed E-state index contributed by atoms with van der Waals surface area (Å²) in [7, 11) is -1.45. The summed E-state index contributed by atoms with van der Waals surface area (Å²) in [6.07, 6.45) is -1.07. The van der Waals surface area contributed by atoms with Crippen LogP contribution in [0.3, 0.4) is 0 Å². The molecule has 0 saturated heterocycles. The van der Waals surface area contributed by atoms with Crippen molar-refractivity contribution in [2.24, 2.45) is 0 Å². The van der Waals surface area contributed by atoms with E-state index in [0.717, 1.165) is 16.8 Å². The largest absolute Gasteiger partial charge is 0.465 e. The highest BCUT2D eigenvalue weighted by atomic mass is 35.5. The van der Waals surface area contributed by atoms with Crippen LogP contribution in [-0.2, 0) is 23.0 Å². The second-order valence-electron chi connectivity index (χ2n) is 9.66. The molecule has 0 heterocycles. The van der Waals surface area contributed by atoms with Gasteiger partial charge in [0.05, 0.1) is 6.54 Å². The van der Waals surface area contributed by atoms with E-state index in [1.54, 1.807) is 12.1 Å². The molecule has 1 amide bonds. The number of hydrogen-bond acceptors (Lipinski definition) is 4. The van der Waals surface area contributed by atoms with Crippen LogP contribution >= 0.6 is 11.6 Å². The van der Waals surface area contributed by atoms with Crippen LogP contribution in [0.1, 0.15) is 37.5 Å². The van der Waals surface area contributed by atoms with Crippen molar-refractivity contribution in [3.8, 4) is 11.5 Å². The Labute approximate surface area is 214 Å². The Kier molecular flexibility index (Phi) is 8.83. The summed E-state index contributed by atoms with van der Waals surface area (Å²) in [5.74, 6) is 1.14. The number of ether oxygens (including phenoxy) is 1. The van der Waals surface area contributed by atoms with Gasteiger partial charge in [0.1, 0.15) is 11.4 Å². The summed E-state index contributed by atoms with van der Waals surface area (Å²) < 4.78 is 12.6. The summed E-state index contributed by atoms with van der Waals surface area (Å²) in [4.78, 5) is 10.8. The van der Waals surface area contributed by atoms with Crippen LogP contribution in [0.5, 0.6) is 11.5 Å². The van der Waals surface area contributed by atoms with Crippen LogP contribution < -0.4 is 15.1 Å². The minimum absolute atomic E-state index is 0.0886. The fourth-order valence-electron chi connectivity index (χ4n) is 3.51. The molecule has 0 radical (unpaired) electrons. The monoisotopic (exact) mass is 512 g/mol. The van der Waals surface area contributed by atoms with E-state index in [4.69, 9.17) is 26.0 Å². The van der Waals surface area contributed by atoms with E-state index in [9.17, 15) is 4.79 Å². The first-order valence-corrected chi connectivity index (χ1v) is 14.7. The second-order valence-corrected chi connectivity index (χ2v) is 12.4. The van der Waals surface area contributed by atoms with Gasteiger partial charge in [-0.2, -0.15) is 0 Å². The SMILES string of the molecule is C[SiH](C)ON(Cc1ccc(C(C)(C)C)cc1)c1ccc(Cl)cc1Oc1cccc(CNC(=O)O)c1. The fourth-order valence-corrected chi connectivity index (χ4v) is 4.37. The van der Waals surface area contributed by atoms with Crippen LogP contribution in [0.4, 0.5) is 10.5 Å². The van der Waals surface area contributed by atoms with Gasteiger partial charge in [0, 0.05) is 17.6 Å². The van der Waals surface area contributed by atoms with Crippen molar-refractivity contribution in [3.63, 3.8) is 0 Å². The number of nitrogens with one attached hydrogen (secondary N) is 1. The molecule has 0 saturated carbocycles. The third kappa shape index (κ3) is 8.02. The molecule has 3 rings (SSSR count). The zero-order valence-corrected chi connectivity index (χ0v) is 22.8. The van der Waals surface area contributed by atoms with E-state index in [1.807, 2.05) is 35.4 Å². The molecule has 0 unspecified atom stereocenters. The molecule has 3 aromatic carbocycles. The zero-order chi connectivity index (χ0) is 25.6. The van der Waals surface area contributed by atoms with E-state index < -0.39 is 15.1 Å². The zero-order valence-electron chi connectivity index (χ0n) is 20.8. The van der Waals surface area contributed by atoms with Crippen LogP contribution in [-0.4, -0.2) is 20.2 Å². The van der Waals surface area contributed by atoms with Crippen LogP contribution in [0.25, 0.3) is 0 Å². The summed E-state index contributed by atoms with van der Waals surface area (Å²) >= 11 is 6.32. The molecule has 6 nitrogen and oxygen atoms in total. The summed E-state index contributed by atoms with van der Waals surface area (Å²) in [5.41, 5.74) is 4.04. The maximum atomic E-state index is 10.8. The predicted octanol–water partition coefficient (Wildman–Crippen LogP) is 7.12. The number of benzene rings is 3. The molecule has 2 N–H and O–H groups in total. The number of hydrogen-bond donors (Lipinski definition) is 2. The predicted molar refractivity (Wildman–Crippen MR) is 144 cm³/mol. The Bertz CT molecular complexity index is 1150. The van der Waals surface area contributed by atoms with Crippen LogP contribution in [0.15, 0.2) is 66.7 Å². The van der Waals surface area contributed by atoms with Crippen molar-refractivity contribution < 1.29 is 19.2 Å². The molecular formula is C27H33ClN2O4Si. The molecule has 8 heteroatoms. The van der Waals surface area contributed by atoms with Gasteiger partial charge in [-0.15, -0.1) is 0 Å². The van der Waals surface area contributed by atoms with Crippen LogP contribution in [0.2, 0.25) is 18.1 Å². The Morgan fingerprint density at radius 2 is 1.74 bits per heavy atom. The third-order valence-electron chi connectivity index (χ3n) is 5.24. The smallest absolute Gasteiger partial charge is 0.404 e. The van der Waals surface area contributed by atoms with Gasteiger partial charge in [-0.05, 0) is 59.5 Å². The maximum Gasteiger partial charge on any atom is 0.404 e. The first-order chi connectivity index (χ1) is 16.5. The van der Waals surface area contributed by atoms with Gasteiger partial charge in [-0.1, -0.05) is 68.8 Å². The van der Waals surface area contributed by atoms with E-state index in [-0.39, 0.29) is 12.0 Å². The van der Waals surface area contributed by atoms with Crippen molar-refractivity contribution >= 4 is 32.4 Å². The summed E-state index contributed by atoms with van der Waals surface area (Å²) in [6.45, 7) is 11.6. The lowest BCUT2D eigenvalue weighted by molar-refractivity contribution is 0.194. The van der Waals surface area contributed by atoms with Gasteiger partial charge in [0.25, 0.3) is 0 Å². The number of nitrogens with zero attached hydrogens (tertiary/aromatic N) is 1. The van der Waals surface area contributed by atoms with Gasteiger partial charge >= 0.3 is 6.09 Å². The number of hydroxylamine groups is 1. The van der Waals surface area contributed by atoms with Crippen molar-refractivity contribution in [1.82, 2.24) is 5.32 Å². The summed E-state index contributed by atoms with van der Waals surface area (Å²) in [5, 5.41) is 13.7. The Hall–Kier alpha value is -3.00. The lowest BCUT2D eigenvalue weighted by Crippen LogP contribution is -2.29. The Morgan fingerprint density at radius 3 is 2.37 bits per heavy atom. The maximum absolute atomic E-state index is 10.8. The average molecular weight is 513 g/mol. The molecule has 0 fully saturated rings. The molecule has 0 atom stereocenters. The van der Waals surface area contributed by atoms with Crippen LogP contribution in [0, 0.1) is 0 Å². The Balaban J connectivity index is 1.89. The van der Waals surface area contributed by atoms with Crippen molar-refractivity contribution in [2.45, 2.75) is 52.4 Å². The second kappa shape index (κ2) is 11.6. The van der Waals surface area contributed by atoms with Gasteiger partial charge in [0.2, 0.25) is 9.04 Å². The van der Waals surface area contributed by atoms with E-state index in [2.05, 4.69) is 63.4 Å². The fraction of sp³-hybridized carbons (Fsp3) is 0.296. The molecular weight excluding hydrogens is 480 g/mol. The molecule has 0 aliphatic rings. The van der Waals surface area contributed by atoms with Gasteiger partial charge < -0.3 is 19.7 Å². The number of halogens is 1. The first kappa shape index (κ1) is 26.6. The normalized spacial score (nSPS) is 11.4. The number of carbonyl (C=O) groups is 1. The number of carboxylic acid groups (broad SMARTS) is 1. The molecule has 3 aromatic rings. The average Bonchev–Trinajstić information content (AvgIpc) is 2.77. The highest BCUT2D eigenvalue weighted by Crippen LogP contribution is 2.36. The number of amides is 1. The topological polar surface area (TPSA) is 71.0 Å². The molecule has 0 aliphatic carbocycles. The molecule has 35 heavy (non-hydrogen) atoms. The minimum Gasteiger partial charge on any atom is -0.465 e. The molecule has 186 valence electrons. The molecule has 0 bridgehead atoms. The first-order valence-electron chi connectivity index (χ1n) is 11.6. The van der Waals surface area contributed by atoms with Crippen molar-refractivity contribution in [1.29, 1.82) is 0 Å². The van der Waals surface area contributed by atoms with Gasteiger partial charge in [-0.3, -0.25) is 5.06 Å². The number of anilines is 1. The number of rotatable bonds is 9. The van der Waals surface area contributed by atoms with E-state index >= 15 is 0 Å². The quantitative estimate of drug-likeness (QED) is 0.236. The van der Waals surface area contributed by atoms with Crippen molar-refractivity contribution in [3.05, 3.63) is 88.4 Å². The highest BCUT2D eigenvalue weighted by molar-refractivity contribution is 6.48. The Morgan fingerprint density at radius 1 is 1.03 bits per heavy atom.